The summed E-state index contributed by atoms with van der Waals surface area (Å²) in [5.41, 5.74) is 0. The van der Waals surface area contributed by atoms with Gasteiger partial charge < -0.3 is 16.0 Å². The van der Waals surface area contributed by atoms with Crippen molar-refractivity contribution >= 4 is 11.9 Å². The summed E-state index contributed by atoms with van der Waals surface area (Å²) < 4.78 is 0. The molecule has 4 atom stereocenters. The van der Waals surface area contributed by atoms with E-state index in [4.69, 9.17) is 0 Å². The third-order valence-electron chi connectivity index (χ3n) is 5.04. The second-order valence-electron chi connectivity index (χ2n) is 7.73. The summed E-state index contributed by atoms with van der Waals surface area (Å²) in [6, 6.07) is 1.16. The van der Waals surface area contributed by atoms with Crippen molar-refractivity contribution in [2.45, 2.75) is 90.8 Å². The Labute approximate surface area is 147 Å². The number of hydrogen-bond acceptors (Lipinski definition) is 2. The molecule has 2 rings (SSSR count). The Bertz CT molecular complexity index is 435. The molecule has 0 aromatic rings. The van der Waals surface area contributed by atoms with Crippen LogP contribution >= 0.6 is 0 Å². The number of aliphatic imine (C=N–C) groups is 1. The molecular weight excluding hydrogens is 300 g/mol. The normalized spacial score (nSPS) is 30.1. The fraction of sp³-hybridized carbons (Fsp3) is 0.895. The van der Waals surface area contributed by atoms with Gasteiger partial charge in [0.05, 0.1) is 0 Å². The van der Waals surface area contributed by atoms with Gasteiger partial charge in [-0.25, -0.2) is 0 Å². The number of rotatable bonds is 7. The lowest BCUT2D eigenvalue weighted by atomic mass is 9.85. The van der Waals surface area contributed by atoms with E-state index in [1.54, 1.807) is 0 Å². The van der Waals surface area contributed by atoms with E-state index in [2.05, 4.69) is 34.8 Å². The summed E-state index contributed by atoms with van der Waals surface area (Å²) in [5.74, 6) is 2.10. The lowest BCUT2D eigenvalue weighted by molar-refractivity contribution is -0.126. The Balaban J connectivity index is 1.83. The average Bonchev–Trinajstić information content (AvgIpc) is 3.25. The third-order valence-corrected chi connectivity index (χ3v) is 5.04. The molecule has 24 heavy (non-hydrogen) atoms. The molecule has 4 unspecified atom stereocenters. The molecular formula is C19H36N4O. The minimum absolute atomic E-state index is 0.135. The van der Waals surface area contributed by atoms with Crippen LogP contribution in [0.5, 0.6) is 0 Å². The standard InChI is InChI=1S/C19H36N4O/c1-5-8-14-12-17(14)23-19(20-6-2)22-16-10-7-9-15(11-16)18(24)21-13(3)4/h13-17H,5-12H2,1-4H3,(H,21,24)(H2,20,22,23). The molecule has 0 aromatic carbocycles. The molecule has 138 valence electrons. The van der Waals surface area contributed by atoms with Gasteiger partial charge in [-0.05, 0) is 58.8 Å². The fourth-order valence-electron chi connectivity index (χ4n) is 3.74. The molecule has 0 aliphatic heterocycles. The number of guanidine groups is 1. The summed E-state index contributed by atoms with van der Waals surface area (Å²) in [4.78, 5) is 16.9. The van der Waals surface area contributed by atoms with E-state index < -0.39 is 0 Å². The van der Waals surface area contributed by atoms with Crippen molar-refractivity contribution in [1.29, 1.82) is 0 Å². The number of hydrogen-bond donors (Lipinski definition) is 3. The van der Waals surface area contributed by atoms with Crippen molar-refractivity contribution in [3.8, 4) is 0 Å². The molecule has 2 aliphatic rings. The van der Waals surface area contributed by atoms with Crippen LogP contribution in [0.2, 0.25) is 0 Å². The number of nitrogens with zero attached hydrogens (tertiary/aromatic N) is 1. The first kappa shape index (κ1) is 19.1. The van der Waals surface area contributed by atoms with E-state index in [-0.39, 0.29) is 17.9 Å². The highest BCUT2D eigenvalue weighted by atomic mass is 16.1. The van der Waals surface area contributed by atoms with E-state index in [0.29, 0.717) is 12.1 Å². The summed E-state index contributed by atoms with van der Waals surface area (Å²) in [7, 11) is 0. The quantitative estimate of drug-likeness (QED) is 0.495. The minimum atomic E-state index is 0.135. The molecule has 3 N–H and O–H groups in total. The van der Waals surface area contributed by atoms with Gasteiger partial charge in [-0.3, -0.25) is 9.79 Å². The van der Waals surface area contributed by atoms with Crippen LogP contribution in [0.15, 0.2) is 4.99 Å². The van der Waals surface area contributed by atoms with Crippen molar-refractivity contribution in [3.05, 3.63) is 0 Å². The maximum atomic E-state index is 12.3. The molecule has 0 bridgehead atoms. The molecule has 0 saturated heterocycles. The molecule has 0 radical (unpaired) electrons. The lowest BCUT2D eigenvalue weighted by Gasteiger charge is -2.30. The van der Waals surface area contributed by atoms with Crippen LogP contribution in [0.4, 0.5) is 0 Å². The van der Waals surface area contributed by atoms with Crippen LogP contribution in [0.25, 0.3) is 0 Å². The largest absolute Gasteiger partial charge is 0.354 e. The SMILES string of the molecule is CCCC1CC1NC(=NCC)NC1CCCC(C(=O)NC(C)C)C1. The predicted octanol–water partition coefficient (Wildman–Crippen LogP) is 2.81. The smallest absolute Gasteiger partial charge is 0.223 e. The van der Waals surface area contributed by atoms with E-state index >= 15 is 0 Å². The van der Waals surface area contributed by atoms with Gasteiger partial charge in [-0.1, -0.05) is 19.8 Å². The molecule has 2 saturated carbocycles. The first-order chi connectivity index (χ1) is 11.5. The highest BCUT2D eigenvalue weighted by molar-refractivity contribution is 5.81. The maximum absolute atomic E-state index is 12.3. The zero-order valence-corrected chi connectivity index (χ0v) is 15.9. The molecule has 5 heteroatoms. The average molecular weight is 337 g/mol. The number of amides is 1. The Hall–Kier alpha value is -1.26. The van der Waals surface area contributed by atoms with Gasteiger partial charge >= 0.3 is 0 Å². The zero-order chi connectivity index (χ0) is 17.5. The molecule has 1 amide bonds. The van der Waals surface area contributed by atoms with E-state index in [1.165, 1.54) is 19.3 Å². The van der Waals surface area contributed by atoms with Crippen molar-refractivity contribution in [3.63, 3.8) is 0 Å². The number of carbonyl (C=O) groups excluding carboxylic acids is 1. The summed E-state index contributed by atoms with van der Waals surface area (Å²) in [6.07, 6.45) is 7.97. The number of nitrogens with one attached hydrogen (secondary N) is 3. The van der Waals surface area contributed by atoms with Gasteiger partial charge in [0.25, 0.3) is 0 Å². The van der Waals surface area contributed by atoms with Crippen LogP contribution < -0.4 is 16.0 Å². The van der Waals surface area contributed by atoms with Gasteiger partial charge in [0.2, 0.25) is 5.91 Å². The van der Waals surface area contributed by atoms with Gasteiger partial charge in [0.15, 0.2) is 5.96 Å². The van der Waals surface area contributed by atoms with Crippen LogP contribution in [0.3, 0.4) is 0 Å². The molecule has 0 heterocycles. The van der Waals surface area contributed by atoms with Crippen molar-refractivity contribution in [2.24, 2.45) is 16.8 Å². The van der Waals surface area contributed by atoms with Crippen LogP contribution in [-0.2, 0) is 4.79 Å². The monoisotopic (exact) mass is 336 g/mol. The molecule has 2 fully saturated rings. The van der Waals surface area contributed by atoms with E-state index in [1.807, 2.05) is 13.8 Å². The second-order valence-corrected chi connectivity index (χ2v) is 7.73. The zero-order valence-electron chi connectivity index (χ0n) is 15.9. The second kappa shape index (κ2) is 9.28. The van der Waals surface area contributed by atoms with Gasteiger partial charge in [-0.2, -0.15) is 0 Å². The third kappa shape index (κ3) is 5.99. The van der Waals surface area contributed by atoms with Crippen molar-refractivity contribution in [2.75, 3.05) is 6.54 Å². The van der Waals surface area contributed by atoms with E-state index in [0.717, 1.165) is 44.1 Å². The minimum Gasteiger partial charge on any atom is -0.354 e. The summed E-state index contributed by atoms with van der Waals surface area (Å²) >= 11 is 0. The molecule has 0 aromatic heterocycles. The summed E-state index contributed by atoms with van der Waals surface area (Å²) in [5, 5.41) is 10.2. The molecule has 2 aliphatic carbocycles. The maximum Gasteiger partial charge on any atom is 0.223 e. The highest BCUT2D eigenvalue weighted by Gasteiger charge is 2.37. The van der Waals surface area contributed by atoms with Crippen LogP contribution in [-0.4, -0.2) is 36.5 Å². The van der Waals surface area contributed by atoms with E-state index in [9.17, 15) is 4.79 Å². The van der Waals surface area contributed by atoms with Gasteiger partial charge in [0, 0.05) is 30.6 Å². The first-order valence-corrected chi connectivity index (χ1v) is 9.91. The number of carbonyl (C=O) groups is 1. The first-order valence-electron chi connectivity index (χ1n) is 9.91. The molecule has 5 nitrogen and oxygen atoms in total. The Morgan fingerprint density at radius 3 is 2.62 bits per heavy atom. The Kier molecular flexibility index (Phi) is 7.38. The van der Waals surface area contributed by atoms with Crippen LogP contribution in [0.1, 0.15) is 72.6 Å². The Morgan fingerprint density at radius 2 is 1.96 bits per heavy atom. The van der Waals surface area contributed by atoms with Gasteiger partial charge in [-0.15, -0.1) is 0 Å². The Morgan fingerprint density at radius 1 is 1.17 bits per heavy atom. The van der Waals surface area contributed by atoms with Crippen LogP contribution in [0, 0.1) is 11.8 Å². The fourth-order valence-corrected chi connectivity index (χ4v) is 3.74. The molecule has 0 spiro atoms. The lowest BCUT2D eigenvalue weighted by Crippen LogP contribution is -2.48. The highest BCUT2D eigenvalue weighted by Crippen LogP contribution is 2.34. The van der Waals surface area contributed by atoms with Gasteiger partial charge in [0.1, 0.15) is 0 Å². The van der Waals surface area contributed by atoms with Crippen molar-refractivity contribution < 1.29 is 4.79 Å². The van der Waals surface area contributed by atoms with Crippen molar-refractivity contribution in [1.82, 2.24) is 16.0 Å². The predicted molar refractivity (Wildman–Crippen MR) is 100 cm³/mol. The summed E-state index contributed by atoms with van der Waals surface area (Å²) in [6.45, 7) is 9.15. The topological polar surface area (TPSA) is 65.5 Å².